The van der Waals surface area contributed by atoms with Crippen molar-refractivity contribution in [1.29, 1.82) is 0 Å². The molecular formula is C20H23N3O5. The van der Waals surface area contributed by atoms with Crippen molar-refractivity contribution in [2.75, 3.05) is 20.2 Å². The molecule has 8 nitrogen and oxygen atoms in total. The van der Waals surface area contributed by atoms with Gasteiger partial charge in [-0.15, -0.1) is 0 Å². The maximum absolute atomic E-state index is 13.0. The fourth-order valence-corrected chi connectivity index (χ4v) is 3.78. The SMILES string of the molecule is COc1ccc2c(c1)c(C(=O)OC(C)C(=O)N1CCNC1=O)c(C)n2C1CC1. The maximum atomic E-state index is 13.0. The highest BCUT2D eigenvalue weighted by Crippen LogP contribution is 2.42. The summed E-state index contributed by atoms with van der Waals surface area (Å²) in [6.45, 7) is 4.05. The van der Waals surface area contributed by atoms with E-state index in [1.165, 1.54) is 6.92 Å². The van der Waals surface area contributed by atoms with Gasteiger partial charge in [0, 0.05) is 35.7 Å². The van der Waals surface area contributed by atoms with E-state index in [0.29, 0.717) is 23.9 Å². The number of nitrogens with one attached hydrogen (secondary N) is 1. The molecular weight excluding hydrogens is 362 g/mol. The molecule has 28 heavy (non-hydrogen) atoms. The number of imide groups is 1. The highest BCUT2D eigenvalue weighted by molar-refractivity contribution is 6.07. The van der Waals surface area contributed by atoms with Crippen LogP contribution in [0.15, 0.2) is 18.2 Å². The van der Waals surface area contributed by atoms with Crippen LogP contribution >= 0.6 is 0 Å². The van der Waals surface area contributed by atoms with Gasteiger partial charge >= 0.3 is 12.0 Å². The lowest BCUT2D eigenvalue weighted by molar-refractivity contribution is -0.136. The van der Waals surface area contributed by atoms with Crippen molar-refractivity contribution in [1.82, 2.24) is 14.8 Å². The summed E-state index contributed by atoms with van der Waals surface area (Å²) in [7, 11) is 1.58. The van der Waals surface area contributed by atoms with Gasteiger partial charge < -0.3 is 19.4 Å². The molecule has 2 aromatic rings. The summed E-state index contributed by atoms with van der Waals surface area (Å²) in [5, 5.41) is 3.31. The molecule has 0 spiro atoms. The summed E-state index contributed by atoms with van der Waals surface area (Å²) in [6.07, 6.45) is 1.09. The standard InChI is InChI=1S/C20H23N3O5/c1-11-17(19(25)28-12(2)18(24)22-9-8-21-20(22)26)15-10-14(27-3)6-7-16(15)23(11)13-4-5-13/h6-7,10,12-13H,4-5,8-9H2,1-3H3,(H,21,26). The Balaban J connectivity index is 1.66. The Morgan fingerprint density at radius 3 is 2.64 bits per heavy atom. The molecule has 4 rings (SSSR count). The number of nitrogens with zero attached hydrogens (tertiary/aromatic N) is 2. The Morgan fingerprint density at radius 1 is 1.29 bits per heavy atom. The lowest BCUT2D eigenvalue weighted by atomic mass is 10.1. The molecule has 3 amide bonds. The van der Waals surface area contributed by atoms with Crippen LogP contribution in [-0.2, 0) is 9.53 Å². The predicted molar refractivity (Wildman–Crippen MR) is 101 cm³/mol. The Kier molecular flexibility index (Phi) is 4.49. The van der Waals surface area contributed by atoms with Crippen molar-refractivity contribution in [2.45, 2.75) is 38.8 Å². The third kappa shape index (κ3) is 2.98. The van der Waals surface area contributed by atoms with Crippen LogP contribution < -0.4 is 10.1 Å². The van der Waals surface area contributed by atoms with Gasteiger partial charge in [-0.3, -0.25) is 9.69 Å². The van der Waals surface area contributed by atoms with Crippen molar-refractivity contribution < 1.29 is 23.9 Å². The largest absolute Gasteiger partial charge is 0.497 e. The molecule has 0 bridgehead atoms. The van der Waals surface area contributed by atoms with E-state index in [-0.39, 0.29) is 6.54 Å². The highest BCUT2D eigenvalue weighted by Gasteiger charge is 2.34. The Hall–Kier alpha value is -3.03. The second-order valence-electron chi connectivity index (χ2n) is 7.21. The number of ether oxygens (including phenoxy) is 2. The molecule has 1 N–H and O–H groups in total. The summed E-state index contributed by atoms with van der Waals surface area (Å²) in [5.74, 6) is -0.451. The van der Waals surface area contributed by atoms with Gasteiger partial charge in [-0.1, -0.05) is 0 Å². The Morgan fingerprint density at radius 2 is 2.04 bits per heavy atom. The quantitative estimate of drug-likeness (QED) is 0.798. The van der Waals surface area contributed by atoms with E-state index in [0.717, 1.165) is 34.3 Å². The number of methoxy groups -OCH3 is 1. The maximum Gasteiger partial charge on any atom is 0.341 e. The van der Waals surface area contributed by atoms with Gasteiger partial charge in [0.2, 0.25) is 0 Å². The van der Waals surface area contributed by atoms with Crippen LogP contribution in [0.4, 0.5) is 4.79 Å². The number of benzene rings is 1. The van der Waals surface area contributed by atoms with Gasteiger partial charge in [0.25, 0.3) is 5.91 Å². The number of hydrogen-bond donors (Lipinski definition) is 1. The van der Waals surface area contributed by atoms with Crippen LogP contribution in [0.3, 0.4) is 0 Å². The van der Waals surface area contributed by atoms with E-state index < -0.39 is 24.0 Å². The van der Waals surface area contributed by atoms with Crippen molar-refractivity contribution in [3.63, 3.8) is 0 Å². The van der Waals surface area contributed by atoms with Crippen molar-refractivity contribution in [2.24, 2.45) is 0 Å². The monoisotopic (exact) mass is 385 g/mol. The molecule has 2 aliphatic rings. The molecule has 1 aromatic carbocycles. The molecule has 1 unspecified atom stereocenters. The van der Waals surface area contributed by atoms with E-state index in [2.05, 4.69) is 9.88 Å². The number of amides is 3. The number of fused-ring (bicyclic) bond motifs is 1. The number of rotatable bonds is 5. The number of esters is 1. The fourth-order valence-electron chi connectivity index (χ4n) is 3.78. The van der Waals surface area contributed by atoms with Crippen molar-refractivity contribution in [3.8, 4) is 5.75 Å². The van der Waals surface area contributed by atoms with Crippen LogP contribution in [0.5, 0.6) is 5.75 Å². The first kappa shape index (κ1) is 18.3. The van der Waals surface area contributed by atoms with Crippen LogP contribution in [0.1, 0.15) is 41.9 Å². The first-order valence-corrected chi connectivity index (χ1v) is 9.41. The van der Waals surface area contributed by atoms with E-state index in [1.807, 2.05) is 25.1 Å². The van der Waals surface area contributed by atoms with Gasteiger partial charge in [-0.05, 0) is 44.9 Å². The summed E-state index contributed by atoms with van der Waals surface area (Å²) >= 11 is 0. The Labute approximate surface area is 162 Å². The summed E-state index contributed by atoms with van der Waals surface area (Å²) in [6, 6.07) is 5.55. The summed E-state index contributed by atoms with van der Waals surface area (Å²) in [5.41, 5.74) is 2.20. The molecule has 2 fully saturated rings. The van der Waals surface area contributed by atoms with Crippen molar-refractivity contribution >= 4 is 28.8 Å². The van der Waals surface area contributed by atoms with E-state index in [4.69, 9.17) is 9.47 Å². The zero-order valence-electron chi connectivity index (χ0n) is 16.2. The first-order chi connectivity index (χ1) is 13.4. The molecule has 1 aliphatic heterocycles. The molecule has 1 aliphatic carbocycles. The summed E-state index contributed by atoms with van der Waals surface area (Å²) < 4.78 is 12.9. The van der Waals surface area contributed by atoms with Crippen LogP contribution in [0, 0.1) is 6.92 Å². The predicted octanol–water partition coefficient (Wildman–Crippen LogP) is 2.39. The fraction of sp³-hybridized carbons (Fsp3) is 0.450. The zero-order valence-corrected chi connectivity index (χ0v) is 16.2. The third-order valence-electron chi connectivity index (χ3n) is 5.33. The minimum atomic E-state index is -1.05. The summed E-state index contributed by atoms with van der Waals surface area (Å²) in [4.78, 5) is 38.2. The molecule has 148 valence electrons. The number of aromatic nitrogens is 1. The highest BCUT2D eigenvalue weighted by atomic mass is 16.5. The van der Waals surface area contributed by atoms with Gasteiger partial charge in [0.1, 0.15) is 5.75 Å². The average Bonchev–Trinajstić information content (AvgIpc) is 3.34. The second-order valence-corrected chi connectivity index (χ2v) is 7.21. The lowest BCUT2D eigenvalue weighted by Gasteiger charge is -2.18. The molecule has 1 aromatic heterocycles. The van der Waals surface area contributed by atoms with Crippen LogP contribution in [-0.4, -0.2) is 53.7 Å². The van der Waals surface area contributed by atoms with Crippen LogP contribution in [0.25, 0.3) is 10.9 Å². The topological polar surface area (TPSA) is 89.9 Å². The van der Waals surface area contributed by atoms with E-state index in [9.17, 15) is 14.4 Å². The normalized spacial score (nSPS) is 17.5. The van der Waals surface area contributed by atoms with Gasteiger partial charge in [-0.25, -0.2) is 9.59 Å². The lowest BCUT2D eigenvalue weighted by Crippen LogP contribution is -2.41. The van der Waals surface area contributed by atoms with E-state index in [1.54, 1.807) is 7.11 Å². The zero-order chi connectivity index (χ0) is 20.0. The molecule has 8 heteroatoms. The second kappa shape index (κ2) is 6.85. The van der Waals surface area contributed by atoms with Gasteiger partial charge in [-0.2, -0.15) is 0 Å². The minimum absolute atomic E-state index is 0.275. The number of hydrogen-bond acceptors (Lipinski definition) is 5. The van der Waals surface area contributed by atoms with Gasteiger partial charge in [0.15, 0.2) is 6.10 Å². The average molecular weight is 385 g/mol. The number of carbonyl (C=O) groups excluding carboxylic acids is 3. The molecule has 1 atom stereocenters. The molecule has 1 saturated carbocycles. The third-order valence-corrected chi connectivity index (χ3v) is 5.33. The smallest absolute Gasteiger partial charge is 0.341 e. The minimum Gasteiger partial charge on any atom is -0.497 e. The van der Waals surface area contributed by atoms with Crippen LogP contribution in [0.2, 0.25) is 0 Å². The van der Waals surface area contributed by atoms with E-state index >= 15 is 0 Å². The molecule has 0 radical (unpaired) electrons. The molecule has 1 saturated heterocycles. The molecule has 2 heterocycles. The number of carbonyl (C=O) groups is 3. The Bertz CT molecular complexity index is 976. The van der Waals surface area contributed by atoms with Crippen molar-refractivity contribution in [3.05, 3.63) is 29.5 Å². The number of urea groups is 1. The van der Waals surface area contributed by atoms with Gasteiger partial charge in [0.05, 0.1) is 12.7 Å². The first-order valence-electron chi connectivity index (χ1n) is 9.41.